The highest BCUT2D eigenvalue weighted by Gasteiger charge is 2.54. The van der Waals surface area contributed by atoms with Crippen molar-refractivity contribution in [2.75, 3.05) is 60.1 Å². The molecule has 4 N–H and O–H groups in total. The Bertz CT molecular complexity index is 4060. The van der Waals surface area contributed by atoms with Crippen molar-refractivity contribution in [1.29, 1.82) is 0 Å². The number of nitrogens with one attached hydrogen (secondary N) is 4. The molecule has 103 heavy (non-hydrogen) atoms. The highest BCUT2D eigenvalue weighted by atomic mass is 16.6. The molecule has 10 atom stereocenters. The normalized spacial score (nSPS) is 23.6. The van der Waals surface area contributed by atoms with Gasteiger partial charge in [-0.2, -0.15) is 0 Å². The Balaban J connectivity index is 0.694. The third-order valence-electron chi connectivity index (χ3n) is 20.8. The number of hydrogen-bond acceptors (Lipinski definition) is 18. The number of methoxy groups -OCH3 is 2. The number of esters is 1. The van der Waals surface area contributed by atoms with E-state index in [1.807, 2.05) is 60.7 Å². The van der Waals surface area contributed by atoms with E-state index in [0.717, 1.165) is 27.8 Å². The van der Waals surface area contributed by atoms with Gasteiger partial charge in [0.1, 0.15) is 65.8 Å². The topological polar surface area (TPSA) is 321 Å². The molecule has 5 aliphatic heterocycles. The van der Waals surface area contributed by atoms with Gasteiger partial charge in [-0.25, -0.2) is 9.59 Å². The SMILES string of the molecule is COc1cc(COc2ccc3c(C)c(OC(=O)CCNC(=O)C4CCCN4C(=O)C4C[C@H](NC(C)=O)CN4C(=O)C4CCCN4C(=O)C4C[C@H](NC(C)=O)CN4C(=O)C4CCCC4C(=O)C4C[C@H](NC(=O)OC(C)(C)C)CN4C(=O)OCC4c5ccccc5-c5ccccc54)oc3c2)cc(OC)c1. The average Bonchev–Trinajstić information content (AvgIpc) is 1.62. The van der Waals surface area contributed by atoms with Crippen LogP contribution in [0, 0.1) is 18.8 Å². The number of aryl methyl sites for hydroxylation is 1. The van der Waals surface area contributed by atoms with Crippen LogP contribution in [0.1, 0.15) is 133 Å². The van der Waals surface area contributed by atoms with E-state index in [0.29, 0.717) is 65.9 Å². The maximum atomic E-state index is 15.4. The first-order chi connectivity index (χ1) is 49.3. The summed E-state index contributed by atoms with van der Waals surface area (Å²) in [7, 11) is 3.13. The van der Waals surface area contributed by atoms with Crippen molar-refractivity contribution in [3.63, 3.8) is 0 Å². The van der Waals surface area contributed by atoms with E-state index in [-0.39, 0.29) is 109 Å². The van der Waals surface area contributed by atoms with Gasteiger partial charge in [-0.05, 0) is 138 Å². The molecular weight excluding hydrogens is 1330 g/mol. The first-order valence-electron chi connectivity index (χ1n) is 35.6. The molecule has 1 saturated carbocycles. The van der Waals surface area contributed by atoms with Gasteiger partial charge in [-0.3, -0.25) is 48.1 Å². The van der Waals surface area contributed by atoms with Crippen molar-refractivity contribution in [3.05, 3.63) is 107 Å². The summed E-state index contributed by atoms with van der Waals surface area (Å²) in [5.41, 5.74) is 5.03. The number of hydrogen-bond donors (Lipinski definition) is 4. The van der Waals surface area contributed by atoms with E-state index in [2.05, 4.69) is 21.3 Å². The van der Waals surface area contributed by atoms with Crippen molar-refractivity contribution < 1.29 is 85.6 Å². The summed E-state index contributed by atoms with van der Waals surface area (Å²) in [6, 6.07) is 19.0. The predicted octanol–water partition coefficient (Wildman–Crippen LogP) is 6.84. The zero-order chi connectivity index (χ0) is 73.1. The summed E-state index contributed by atoms with van der Waals surface area (Å²) in [5, 5.41) is 12.1. The van der Waals surface area contributed by atoms with Crippen LogP contribution >= 0.6 is 0 Å². The summed E-state index contributed by atoms with van der Waals surface area (Å²) >= 11 is 0. The van der Waals surface area contributed by atoms with Crippen molar-refractivity contribution >= 4 is 76.3 Å². The molecule has 4 aromatic carbocycles. The Morgan fingerprint density at radius 2 is 1.13 bits per heavy atom. The third-order valence-corrected chi connectivity index (χ3v) is 20.8. The van der Waals surface area contributed by atoms with Gasteiger partial charge in [0.15, 0.2) is 5.78 Å². The van der Waals surface area contributed by atoms with Crippen LogP contribution in [0.2, 0.25) is 0 Å². The van der Waals surface area contributed by atoms with Gasteiger partial charge in [0, 0.05) is 106 Å². The summed E-state index contributed by atoms with van der Waals surface area (Å²) in [5.74, 6) is -4.91. The molecule has 12 rings (SSSR count). The van der Waals surface area contributed by atoms with Crippen LogP contribution in [0.25, 0.3) is 22.1 Å². The van der Waals surface area contributed by atoms with Crippen LogP contribution in [-0.4, -0.2) is 204 Å². The van der Waals surface area contributed by atoms with Crippen LogP contribution in [-0.2, 0) is 59.2 Å². The zero-order valence-corrected chi connectivity index (χ0v) is 59.5. The van der Waals surface area contributed by atoms with Crippen molar-refractivity contribution in [2.24, 2.45) is 11.8 Å². The largest absolute Gasteiger partial charge is 0.497 e. The molecule has 0 radical (unpaired) electrons. The van der Waals surface area contributed by atoms with Crippen LogP contribution in [0.5, 0.6) is 23.2 Å². The molecule has 0 bridgehead atoms. The number of amides is 9. The first-order valence-corrected chi connectivity index (χ1v) is 35.6. The minimum Gasteiger partial charge on any atom is -0.497 e. The van der Waals surface area contributed by atoms with Crippen molar-refractivity contribution in [2.45, 2.75) is 179 Å². The second-order valence-electron chi connectivity index (χ2n) is 29.0. The fraction of sp³-hybridized carbons (Fsp3) is 0.513. The monoisotopic (exact) mass is 1420 g/mol. The second-order valence-corrected chi connectivity index (χ2v) is 29.0. The highest BCUT2D eigenvalue weighted by Crippen LogP contribution is 2.46. The van der Waals surface area contributed by atoms with Gasteiger partial charge in [0.05, 0.1) is 32.7 Å². The van der Waals surface area contributed by atoms with Crippen LogP contribution in [0.15, 0.2) is 89.3 Å². The fourth-order valence-corrected chi connectivity index (χ4v) is 16.2. The molecule has 2 aliphatic carbocycles. The number of Topliss-reactive ketones (excluding diaryl/α,β-unsaturated/α-hetero) is 1. The molecule has 27 heteroatoms. The second kappa shape index (κ2) is 30.8. The smallest absolute Gasteiger partial charge is 0.410 e. The standard InChI is InChI=1S/C76H91N9O18/c1-42-52-25-24-49(99-40-45-30-50(97-7)35-51(31-45)98-8)36-65(52)101-73(42)102-66(88)26-27-77-68(90)60-22-14-28-81(60)71(93)64-34-47(79-44(3)87)38-84(64)70(92)61-23-15-29-82(61)72(94)63-33-46(78-43(2)86)37-83(63)69(91)58-21-13-20-57(58)67(89)62-32-48(80-74(95)103-76(4,5)6)39-85(62)75(96)100-41-59-55-18-11-9-16-53(55)54-17-10-12-19-56(54)59/h9-12,16-19,24-25,30-31,35-36,46-48,57-64H,13-15,20-23,26-29,32-34,37-41H2,1-8H3,(H,77,90)(H,78,86)(H,79,87)(H,80,95)/t46-,47-,48-,57?,58?,60?,61?,62?,63?,64?/m0/s1. The van der Waals surface area contributed by atoms with E-state index < -0.39 is 125 Å². The highest BCUT2D eigenvalue weighted by molar-refractivity contribution is 5.99. The Morgan fingerprint density at radius 3 is 1.74 bits per heavy atom. The van der Waals surface area contributed by atoms with Gasteiger partial charge < -0.3 is 73.7 Å². The van der Waals surface area contributed by atoms with Crippen LogP contribution in [0.4, 0.5) is 9.59 Å². The van der Waals surface area contributed by atoms with Gasteiger partial charge in [-0.15, -0.1) is 0 Å². The van der Waals surface area contributed by atoms with E-state index in [4.69, 9.17) is 32.8 Å². The molecule has 5 aromatic rings. The first kappa shape index (κ1) is 72.6. The summed E-state index contributed by atoms with van der Waals surface area (Å²) < 4.78 is 40.1. The number of ketones is 1. The number of rotatable bonds is 21. The Kier molecular flexibility index (Phi) is 21.7. The molecule has 0 spiro atoms. The third kappa shape index (κ3) is 15.9. The number of ether oxygens (including phenoxy) is 6. The van der Waals surface area contributed by atoms with Crippen molar-refractivity contribution in [3.8, 4) is 34.3 Å². The number of carbonyl (C=O) groups is 11. The van der Waals surface area contributed by atoms with Gasteiger partial charge >= 0.3 is 18.2 Å². The lowest BCUT2D eigenvalue weighted by Crippen LogP contribution is -2.57. The molecule has 5 saturated heterocycles. The average molecular weight is 1420 g/mol. The summed E-state index contributed by atoms with van der Waals surface area (Å²) in [6.45, 7) is 9.69. The molecule has 7 unspecified atom stereocenters. The number of likely N-dealkylation sites (tertiary alicyclic amines) is 5. The lowest BCUT2D eigenvalue weighted by molar-refractivity contribution is -0.153. The maximum Gasteiger partial charge on any atom is 0.410 e. The predicted molar refractivity (Wildman–Crippen MR) is 372 cm³/mol. The van der Waals surface area contributed by atoms with E-state index in [1.165, 1.54) is 38.3 Å². The number of alkyl carbamates (subject to hydrolysis) is 1. The summed E-state index contributed by atoms with van der Waals surface area (Å²) in [6.07, 6.45) is 0.697. The van der Waals surface area contributed by atoms with E-state index in [9.17, 15) is 33.6 Å². The molecule has 548 valence electrons. The van der Waals surface area contributed by atoms with Gasteiger partial charge in [0.2, 0.25) is 41.4 Å². The summed E-state index contributed by atoms with van der Waals surface area (Å²) in [4.78, 5) is 164. The Hall–Kier alpha value is -10.2. The number of nitrogens with zero attached hydrogens (tertiary/aromatic N) is 5. The maximum absolute atomic E-state index is 15.4. The molecule has 9 amide bonds. The molecule has 7 aliphatic rings. The lowest BCUT2D eigenvalue weighted by atomic mass is 9.86. The van der Waals surface area contributed by atoms with Crippen molar-refractivity contribution in [1.82, 2.24) is 45.8 Å². The fourth-order valence-electron chi connectivity index (χ4n) is 16.2. The minimum atomic E-state index is -1.18. The van der Waals surface area contributed by atoms with Gasteiger partial charge in [0.25, 0.3) is 5.95 Å². The number of fused-ring (bicyclic) bond motifs is 4. The number of benzene rings is 4. The lowest BCUT2D eigenvalue weighted by Gasteiger charge is -2.36. The quantitative estimate of drug-likeness (QED) is 0.0546. The minimum absolute atomic E-state index is 0.000762. The molecule has 27 nitrogen and oxygen atoms in total. The number of furan rings is 1. The Labute approximate surface area is 597 Å². The van der Waals surface area contributed by atoms with Crippen LogP contribution in [0.3, 0.4) is 0 Å². The number of carbonyl (C=O) groups excluding carboxylic acids is 11. The molecule has 1 aromatic heterocycles. The molecule has 6 heterocycles. The molecule has 6 fully saturated rings. The van der Waals surface area contributed by atoms with E-state index in [1.54, 1.807) is 66.2 Å². The van der Waals surface area contributed by atoms with Gasteiger partial charge in [-0.1, -0.05) is 55.0 Å². The Morgan fingerprint density at radius 1 is 0.573 bits per heavy atom. The van der Waals surface area contributed by atoms with E-state index >= 15 is 19.2 Å². The van der Waals surface area contributed by atoms with Crippen LogP contribution < -0.4 is 40.2 Å². The molecular formula is C76H91N9O18. The zero-order valence-electron chi connectivity index (χ0n) is 59.5.